The van der Waals surface area contributed by atoms with Crippen molar-refractivity contribution < 1.29 is 4.79 Å². The fourth-order valence-corrected chi connectivity index (χ4v) is 2.75. The van der Waals surface area contributed by atoms with Gasteiger partial charge in [0.05, 0.1) is 0 Å². The monoisotopic (exact) mass is 250 g/mol. The largest absolute Gasteiger partial charge is 0.339 e. The molecule has 0 bridgehead atoms. The Bertz CT molecular complexity index is 386. The van der Waals surface area contributed by atoms with Crippen LogP contribution in [0.5, 0.6) is 0 Å². The molecule has 1 aromatic heterocycles. The molecule has 1 amide bonds. The van der Waals surface area contributed by atoms with Gasteiger partial charge in [-0.15, -0.1) is 11.3 Å². The molecule has 0 aromatic carbocycles. The van der Waals surface area contributed by atoms with Gasteiger partial charge in [0, 0.05) is 24.0 Å². The lowest BCUT2D eigenvalue weighted by atomic mass is 10.1. The van der Waals surface area contributed by atoms with Crippen LogP contribution in [-0.4, -0.2) is 37.5 Å². The molecular weight excluding hydrogens is 232 g/mol. The Kier molecular flexibility index (Phi) is 4.34. The topological polar surface area (TPSA) is 32.3 Å². The van der Waals surface area contributed by atoms with Crippen molar-refractivity contribution in [2.75, 3.05) is 26.7 Å². The van der Waals surface area contributed by atoms with E-state index in [9.17, 15) is 4.79 Å². The lowest BCUT2D eigenvalue weighted by molar-refractivity contribution is -0.125. The van der Waals surface area contributed by atoms with Crippen LogP contribution >= 0.6 is 11.3 Å². The Morgan fingerprint density at radius 3 is 3.29 bits per heavy atom. The number of carbonyl (C=O) groups is 1. The maximum atomic E-state index is 11.9. The minimum absolute atomic E-state index is 0.136. The van der Waals surface area contributed by atoms with Gasteiger partial charge in [0.2, 0.25) is 5.91 Å². The van der Waals surface area contributed by atoms with Crippen molar-refractivity contribution >= 4 is 23.3 Å². The van der Waals surface area contributed by atoms with E-state index < -0.39 is 0 Å². The predicted octanol–water partition coefficient (Wildman–Crippen LogP) is 1.83. The van der Waals surface area contributed by atoms with Gasteiger partial charge in [-0.2, -0.15) is 0 Å². The van der Waals surface area contributed by atoms with Crippen LogP contribution in [-0.2, 0) is 4.79 Å². The number of nitrogens with one attached hydrogen (secondary N) is 1. The minimum atomic E-state index is 0.136. The number of hydrogen-bond donors (Lipinski definition) is 1. The standard InChI is InChI=1S/C13H18N2OS/c1-14-9-11-6-7-15(10-11)13(16)5-4-12-3-2-8-17-12/h2-5,8,11,14H,6-7,9-10H2,1H3. The van der Waals surface area contributed by atoms with E-state index in [1.165, 1.54) is 0 Å². The summed E-state index contributed by atoms with van der Waals surface area (Å²) in [5, 5.41) is 5.19. The molecule has 1 fully saturated rings. The van der Waals surface area contributed by atoms with Crippen molar-refractivity contribution in [3.63, 3.8) is 0 Å². The fourth-order valence-electron chi connectivity index (χ4n) is 2.13. The van der Waals surface area contributed by atoms with E-state index in [0.717, 1.165) is 30.9 Å². The number of hydrogen-bond acceptors (Lipinski definition) is 3. The minimum Gasteiger partial charge on any atom is -0.339 e. The van der Waals surface area contributed by atoms with Gasteiger partial charge in [0.1, 0.15) is 0 Å². The van der Waals surface area contributed by atoms with E-state index in [2.05, 4.69) is 5.32 Å². The number of carbonyl (C=O) groups excluding carboxylic acids is 1. The summed E-state index contributed by atoms with van der Waals surface area (Å²) in [6, 6.07) is 4.01. The second kappa shape index (κ2) is 5.98. The second-order valence-electron chi connectivity index (χ2n) is 4.35. The molecule has 1 aliphatic heterocycles. The van der Waals surface area contributed by atoms with Gasteiger partial charge < -0.3 is 10.2 Å². The number of thiophene rings is 1. The summed E-state index contributed by atoms with van der Waals surface area (Å²) in [6.07, 6.45) is 4.70. The fraction of sp³-hybridized carbons (Fsp3) is 0.462. The quantitative estimate of drug-likeness (QED) is 0.827. The first-order chi connectivity index (χ1) is 8.29. The van der Waals surface area contributed by atoms with E-state index >= 15 is 0 Å². The first kappa shape index (κ1) is 12.3. The molecule has 1 aromatic rings. The average Bonchev–Trinajstić information content (AvgIpc) is 2.97. The van der Waals surface area contributed by atoms with E-state index in [4.69, 9.17) is 0 Å². The third-order valence-corrected chi connectivity index (χ3v) is 3.86. The van der Waals surface area contributed by atoms with Crippen LogP contribution in [0.15, 0.2) is 23.6 Å². The zero-order valence-electron chi connectivity index (χ0n) is 10.1. The van der Waals surface area contributed by atoms with Crippen molar-refractivity contribution in [3.05, 3.63) is 28.5 Å². The first-order valence-corrected chi connectivity index (χ1v) is 6.82. The highest BCUT2D eigenvalue weighted by Crippen LogP contribution is 2.16. The van der Waals surface area contributed by atoms with Crippen LogP contribution in [0, 0.1) is 5.92 Å². The van der Waals surface area contributed by atoms with E-state index in [1.807, 2.05) is 35.5 Å². The van der Waals surface area contributed by atoms with Crippen LogP contribution in [0.2, 0.25) is 0 Å². The molecule has 2 rings (SSSR count). The lowest BCUT2D eigenvalue weighted by Crippen LogP contribution is -2.28. The van der Waals surface area contributed by atoms with Gasteiger partial charge >= 0.3 is 0 Å². The SMILES string of the molecule is CNCC1CCN(C(=O)C=Cc2cccs2)C1. The smallest absolute Gasteiger partial charge is 0.246 e. The van der Waals surface area contributed by atoms with Gasteiger partial charge in [-0.3, -0.25) is 4.79 Å². The van der Waals surface area contributed by atoms with E-state index in [-0.39, 0.29) is 5.91 Å². The van der Waals surface area contributed by atoms with Gasteiger partial charge in [-0.05, 0) is 43.5 Å². The normalized spacial score (nSPS) is 20.3. The highest BCUT2D eigenvalue weighted by atomic mass is 32.1. The maximum Gasteiger partial charge on any atom is 0.246 e. The molecule has 92 valence electrons. The van der Waals surface area contributed by atoms with Crippen molar-refractivity contribution in [2.45, 2.75) is 6.42 Å². The van der Waals surface area contributed by atoms with Crippen molar-refractivity contribution in [1.29, 1.82) is 0 Å². The van der Waals surface area contributed by atoms with Gasteiger partial charge in [0.25, 0.3) is 0 Å². The van der Waals surface area contributed by atoms with Crippen molar-refractivity contribution in [1.82, 2.24) is 10.2 Å². The molecule has 17 heavy (non-hydrogen) atoms. The Balaban J connectivity index is 1.85. The van der Waals surface area contributed by atoms with Crippen molar-refractivity contribution in [3.8, 4) is 0 Å². The number of likely N-dealkylation sites (tertiary alicyclic amines) is 1. The summed E-state index contributed by atoms with van der Waals surface area (Å²) in [5.41, 5.74) is 0. The van der Waals surface area contributed by atoms with Gasteiger partial charge in [-0.1, -0.05) is 6.07 Å². The molecule has 0 radical (unpaired) electrons. The summed E-state index contributed by atoms with van der Waals surface area (Å²) < 4.78 is 0. The van der Waals surface area contributed by atoms with Crippen LogP contribution in [0.4, 0.5) is 0 Å². The molecule has 1 unspecified atom stereocenters. The highest BCUT2D eigenvalue weighted by Gasteiger charge is 2.24. The first-order valence-electron chi connectivity index (χ1n) is 5.94. The molecule has 4 heteroatoms. The maximum absolute atomic E-state index is 11.9. The third-order valence-electron chi connectivity index (χ3n) is 3.02. The molecule has 1 N–H and O–H groups in total. The van der Waals surface area contributed by atoms with Gasteiger partial charge in [0.15, 0.2) is 0 Å². The number of amides is 1. The average molecular weight is 250 g/mol. The molecule has 1 saturated heterocycles. The summed E-state index contributed by atoms with van der Waals surface area (Å²) >= 11 is 1.65. The molecule has 0 saturated carbocycles. The second-order valence-corrected chi connectivity index (χ2v) is 5.32. The van der Waals surface area contributed by atoms with Gasteiger partial charge in [-0.25, -0.2) is 0 Å². The lowest BCUT2D eigenvalue weighted by Gasteiger charge is -2.14. The number of nitrogens with zero attached hydrogens (tertiary/aromatic N) is 1. The molecule has 0 aliphatic carbocycles. The molecular formula is C13H18N2OS. The van der Waals surface area contributed by atoms with Crippen LogP contribution in [0.1, 0.15) is 11.3 Å². The Morgan fingerprint density at radius 2 is 2.59 bits per heavy atom. The zero-order chi connectivity index (χ0) is 12.1. The van der Waals surface area contributed by atoms with Crippen LogP contribution < -0.4 is 5.32 Å². The van der Waals surface area contributed by atoms with E-state index in [0.29, 0.717) is 5.92 Å². The molecule has 3 nitrogen and oxygen atoms in total. The Morgan fingerprint density at radius 1 is 1.71 bits per heavy atom. The summed E-state index contributed by atoms with van der Waals surface area (Å²) in [6.45, 7) is 2.77. The third kappa shape index (κ3) is 3.41. The predicted molar refractivity (Wildman–Crippen MR) is 72.0 cm³/mol. The molecule has 2 heterocycles. The Labute approximate surface area is 106 Å². The molecule has 0 spiro atoms. The number of rotatable bonds is 4. The van der Waals surface area contributed by atoms with Crippen LogP contribution in [0.25, 0.3) is 6.08 Å². The summed E-state index contributed by atoms with van der Waals surface area (Å²) in [5.74, 6) is 0.746. The summed E-state index contributed by atoms with van der Waals surface area (Å²) in [7, 11) is 1.96. The van der Waals surface area contributed by atoms with E-state index in [1.54, 1.807) is 17.4 Å². The zero-order valence-corrected chi connectivity index (χ0v) is 10.9. The highest BCUT2D eigenvalue weighted by molar-refractivity contribution is 7.10. The molecule has 1 atom stereocenters. The Hall–Kier alpha value is -1.13. The van der Waals surface area contributed by atoms with Crippen molar-refractivity contribution in [2.24, 2.45) is 5.92 Å². The van der Waals surface area contributed by atoms with Crippen LogP contribution in [0.3, 0.4) is 0 Å². The molecule has 1 aliphatic rings. The summed E-state index contributed by atoms with van der Waals surface area (Å²) in [4.78, 5) is 15.0.